The number of carbonyl (C=O) groups excluding carboxylic acids is 1. The van der Waals surface area contributed by atoms with Crippen molar-refractivity contribution < 1.29 is 9.18 Å². The quantitative estimate of drug-likeness (QED) is 0.246. The lowest BCUT2D eigenvalue weighted by molar-refractivity contribution is -0.116. The van der Waals surface area contributed by atoms with Gasteiger partial charge in [-0.3, -0.25) is 4.79 Å². The molecule has 3 heterocycles. The molecule has 32 heavy (non-hydrogen) atoms. The number of fused-ring (bicyclic) bond motifs is 2. The van der Waals surface area contributed by atoms with Gasteiger partial charge >= 0.3 is 0 Å². The molecule has 0 bridgehead atoms. The molecule has 0 spiro atoms. The molecule has 0 N–H and O–H groups in total. The number of anilines is 1. The first kappa shape index (κ1) is 21.4. The SMILES string of the molecule is C[C@H]1CCN(C(=O)CSc2ncnc3scc(-c4ccc(F)cc4)c23)c2ccccc2S1. The highest BCUT2D eigenvalue weighted by atomic mass is 32.2. The number of halogens is 1. The van der Waals surface area contributed by atoms with Crippen molar-refractivity contribution in [3.05, 3.63) is 66.1 Å². The zero-order valence-corrected chi connectivity index (χ0v) is 19.8. The number of benzene rings is 2. The maximum atomic E-state index is 13.4. The first-order valence-electron chi connectivity index (χ1n) is 10.3. The minimum absolute atomic E-state index is 0.0717. The van der Waals surface area contributed by atoms with Crippen LogP contribution in [-0.4, -0.2) is 33.4 Å². The lowest BCUT2D eigenvalue weighted by Crippen LogP contribution is -2.33. The molecule has 4 nitrogen and oxygen atoms in total. The van der Waals surface area contributed by atoms with Crippen LogP contribution in [0.1, 0.15) is 13.3 Å². The molecule has 162 valence electrons. The van der Waals surface area contributed by atoms with Crippen LogP contribution in [0, 0.1) is 5.82 Å². The number of rotatable bonds is 4. The van der Waals surface area contributed by atoms with Gasteiger partial charge in [0.15, 0.2) is 0 Å². The van der Waals surface area contributed by atoms with Crippen LogP contribution in [0.2, 0.25) is 0 Å². The molecule has 1 aliphatic heterocycles. The third-order valence-electron chi connectivity index (χ3n) is 5.37. The molecule has 0 aliphatic carbocycles. The normalized spacial score (nSPS) is 16.1. The average molecular weight is 482 g/mol. The fourth-order valence-electron chi connectivity index (χ4n) is 3.75. The third kappa shape index (κ3) is 4.27. The molecular weight excluding hydrogens is 461 g/mol. The van der Waals surface area contributed by atoms with Crippen molar-refractivity contribution in [1.82, 2.24) is 9.97 Å². The number of aromatic nitrogens is 2. The van der Waals surface area contributed by atoms with E-state index in [4.69, 9.17) is 0 Å². The Morgan fingerprint density at radius 2 is 2.00 bits per heavy atom. The van der Waals surface area contributed by atoms with E-state index in [1.54, 1.807) is 18.5 Å². The number of thioether (sulfide) groups is 2. The Bertz CT molecular complexity index is 1280. The van der Waals surface area contributed by atoms with E-state index in [1.807, 2.05) is 40.2 Å². The Morgan fingerprint density at radius 3 is 2.84 bits per heavy atom. The average Bonchev–Trinajstić information content (AvgIpc) is 3.16. The van der Waals surface area contributed by atoms with Crippen LogP contribution in [0.25, 0.3) is 21.3 Å². The number of hydrogen-bond acceptors (Lipinski definition) is 6. The minimum Gasteiger partial charge on any atom is -0.311 e. The van der Waals surface area contributed by atoms with Gasteiger partial charge in [0.05, 0.1) is 16.8 Å². The van der Waals surface area contributed by atoms with Gasteiger partial charge in [0, 0.05) is 27.6 Å². The fraction of sp³-hybridized carbons (Fsp3) is 0.208. The molecular formula is C24H20FN3OS3. The molecule has 0 fully saturated rings. The van der Waals surface area contributed by atoms with Crippen molar-refractivity contribution in [2.24, 2.45) is 0 Å². The highest BCUT2D eigenvalue weighted by Crippen LogP contribution is 2.40. The van der Waals surface area contributed by atoms with E-state index < -0.39 is 0 Å². The van der Waals surface area contributed by atoms with Crippen LogP contribution in [-0.2, 0) is 4.79 Å². The van der Waals surface area contributed by atoms with E-state index in [9.17, 15) is 9.18 Å². The maximum Gasteiger partial charge on any atom is 0.237 e. The minimum atomic E-state index is -0.269. The smallest absolute Gasteiger partial charge is 0.237 e. The zero-order valence-electron chi connectivity index (χ0n) is 17.3. The number of thiophene rings is 1. The summed E-state index contributed by atoms with van der Waals surface area (Å²) in [7, 11) is 0. The largest absolute Gasteiger partial charge is 0.311 e. The van der Waals surface area contributed by atoms with Gasteiger partial charge in [-0.15, -0.1) is 23.1 Å². The first-order valence-corrected chi connectivity index (χ1v) is 13.0. The Balaban J connectivity index is 1.42. The summed E-state index contributed by atoms with van der Waals surface area (Å²) in [5.41, 5.74) is 2.86. The monoisotopic (exact) mass is 481 g/mol. The van der Waals surface area contributed by atoms with Crippen LogP contribution >= 0.6 is 34.9 Å². The predicted molar refractivity (Wildman–Crippen MR) is 132 cm³/mol. The van der Waals surface area contributed by atoms with Gasteiger partial charge in [-0.1, -0.05) is 43.0 Å². The molecule has 0 saturated carbocycles. The van der Waals surface area contributed by atoms with Crippen molar-refractivity contribution in [2.45, 2.75) is 28.5 Å². The summed E-state index contributed by atoms with van der Waals surface area (Å²) in [6, 6.07) is 14.5. The van der Waals surface area contributed by atoms with Crippen molar-refractivity contribution in [2.75, 3.05) is 17.2 Å². The summed E-state index contributed by atoms with van der Waals surface area (Å²) < 4.78 is 13.4. The Labute approximate surface area is 198 Å². The highest BCUT2D eigenvalue weighted by molar-refractivity contribution is 8.00. The van der Waals surface area contributed by atoms with Crippen LogP contribution in [0.4, 0.5) is 10.1 Å². The first-order chi connectivity index (χ1) is 15.6. The van der Waals surface area contributed by atoms with E-state index in [2.05, 4.69) is 23.0 Å². The molecule has 0 saturated heterocycles. The van der Waals surface area contributed by atoms with E-state index >= 15 is 0 Å². The molecule has 4 aromatic rings. The summed E-state index contributed by atoms with van der Waals surface area (Å²) in [6.07, 6.45) is 2.49. The Morgan fingerprint density at radius 1 is 1.19 bits per heavy atom. The van der Waals surface area contributed by atoms with Gasteiger partial charge in [-0.25, -0.2) is 14.4 Å². The highest BCUT2D eigenvalue weighted by Gasteiger charge is 2.24. The predicted octanol–water partition coefficient (Wildman–Crippen LogP) is 6.51. The van der Waals surface area contributed by atoms with Gasteiger partial charge in [-0.2, -0.15) is 0 Å². The lowest BCUT2D eigenvalue weighted by Gasteiger charge is -2.22. The van der Waals surface area contributed by atoms with Gasteiger partial charge in [0.25, 0.3) is 0 Å². The van der Waals surface area contributed by atoms with Gasteiger partial charge < -0.3 is 4.90 Å². The van der Waals surface area contributed by atoms with E-state index in [1.165, 1.54) is 35.2 Å². The summed E-state index contributed by atoms with van der Waals surface area (Å²) in [6.45, 7) is 2.92. The molecule has 0 radical (unpaired) electrons. The summed E-state index contributed by atoms with van der Waals surface area (Å²) in [5, 5.41) is 4.17. The van der Waals surface area contributed by atoms with Crippen molar-refractivity contribution in [1.29, 1.82) is 0 Å². The summed E-state index contributed by atoms with van der Waals surface area (Å²) >= 11 is 4.79. The number of para-hydroxylation sites is 1. The molecule has 1 amide bonds. The Kier molecular flexibility index (Phi) is 6.17. The molecule has 2 aromatic carbocycles. The van der Waals surface area contributed by atoms with Gasteiger partial charge in [-0.05, 0) is 36.2 Å². The molecule has 5 rings (SSSR count). The second-order valence-corrected chi connectivity index (χ2v) is 10.8. The van der Waals surface area contributed by atoms with Crippen LogP contribution in [0.3, 0.4) is 0 Å². The maximum absolute atomic E-state index is 13.4. The standard InChI is InChI=1S/C24H20FN3OS3/c1-15-10-11-28(19-4-2-3-5-20(19)32-15)21(29)13-31-24-22-18(12-30-23(22)26-14-27-24)16-6-8-17(25)9-7-16/h2-9,12,14-15H,10-11,13H2,1H3/t15-/m0/s1. The van der Waals surface area contributed by atoms with E-state index in [0.717, 1.165) is 43.4 Å². The molecule has 0 unspecified atom stereocenters. The number of carbonyl (C=O) groups is 1. The molecule has 1 atom stereocenters. The number of nitrogens with zero attached hydrogens (tertiary/aromatic N) is 3. The molecule has 8 heteroatoms. The van der Waals surface area contributed by atoms with E-state index in [0.29, 0.717) is 11.8 Å². The second-order valence-electron chi connectivity index (χ2n) is 7.53. The third-order valence-corrected chi connectivity index (χ3v) is 8.47. The van der Waals surface area contributed by atoms with Crippen LogP contribution in [0.5, 0.6) is 0 Å². The zero-order chi connectivity index (χ0) is 22.1. The topological polar surface area (TPSA) is 46.1 Å². The second kappa shape index (κ2) is 9.21. The molecule has 2 aromatic heterocycles. The van der Waals surface area contributed by atoms with Crippen LogP contribution < -0.4 is 4.90 Å². The lowest BCUT2D eigenvalue weighted by atomic mass is 10.1. The summed E-state index contributed by atoms with van der Waals surface area (Å²) in [5.74, 6) is 0.0930. The van der Waals surface area contributed by atoms with Gasteiger partial charge in [0.1, 0.15) is 22.0 Å². The molecule has 1 aliphatic rings. The number of hydrogen-bond donors (Lipinski definition) is 0. The van der Waals surface area contributed by atoms with Crippen LogP contribution in [0.15, 0.2) is 70.2 Å². The number of amides is 1. The fourth-order valence-corrected chi connectivity index (χ4v) is 6.73. The Hall–Kier alpha value is -2.42. The van der Waals surface area contributed by atoms with Crippen molar-refractivity contribution in [3.8, 4) is 11.1 Å². The van der Waals surface area contributed by atoms with E-state index in [-0.39, 0.29) is 17.5 Å². The van der Waals surface area contributed by atoms with Crippen molar-refractivity contribution in [3.63, 3.8) is 0 Å². The van der Waals surface area contributed by atoms with Gasteiger partial charge in [0.2, 0.25) is 5.91 Å². The summed E-state index contributed by atoms with van der Waals surface area (Å²) in [4.78, 5) is 26.1. The van der Waals surface area contributed by atoms with Crippen molar-refractivity contribution >= 4 is 56.7 Å².